The van der Waals surface area contributed by atoms with Gasteiger partial charge in [0.1, 0.15) is 17.8 Å². The minimum Gasteiger partial charge on any atom is -0.458 e. The molecule has 3 aromatic carbocycles. The van der Waals surface area contributed by atoms with E-state index in [1.165, 1.54) is 6.92 Å². The van der Waals surface area contributed by atoms with Crippen molar-refractivity contribution in [3.05, 3.63) is 108 Å². The monoisotopic (exact) mass is 656 g/mol. The van der Waals surface area contributed by atoms with Crippen molar-refractivity contribution in [2.24, 2.45) is 17.3 Å². The predicted octanol–water partition coefficient (Wildman–Crippen LogP) is 5.18. The summed E-state index contributed by atoms with van der Waals surface area (Å²) in [6, 6.07) is 25.1. The number of rotatable bonds is 7. The van der Waals surface area contributed by atoms with Gasteiger partial charge in [-0.1, -0.05) is 61.5 Å². The van der Waals surface area contributed by atoms with Crippen LogP contribution >= 0.6 is 0 Å². The molecule has 10 nitrogen and oxygen atoms in total. The molecule has 1 spiro atoms. The van der Waals surface area contributed by atoms with Crippen LogP contribution < -0.4 is 0 Å². The Labute approximate surface area is 279 Å². The van der Waals surface area contributed by atoms with Crippen LogP contribution in [0.25, 0.3) is 0 Å². The summed E-state index contributed by atoms with van der Waals surface area (Å²) in [5.41, 5.74) is -3.44. The molecule has 6 rings (SSSR count). The highest BCUT2D eigenvalue weighted by molar-refractivity contribution is 5.91. The second-order valence-electron chi connectivity index (χ2n) is 13.7. The largest absolute Gasteiger partial charge is 0.458 e. The van der Waals surface area contributed by atoms with Gasteiger partial charge in [-0.15, -0.1) is 0 Å². The first-order valence-corrected chi connectivity index (χ1v) is 16.1. The molecule has 3 aliphatic rings. The Bertz CT molecular complexity index is 1680. The predicted molar refractivity (Wildman–Crippen MR) is 172 cm³/mol. The van der Waals surface area contributed by atoms with Crippen LogP contribution in [0.15, 0.2) is 91.0 Å². The topological polar surface area (TPSA) is 135 Å². The van der Waals surface area contributed by atoms with Crippen LogP contribution in [0.2, 0.25) is 0 Å². The smallest absolute Gasteiger partial charge is 0.338 e. The summed E-state index contributed by atoms with van der Waals surface area (Å²) in [6.07, 6.45) is -6.07. The first-order chi connectivity index (χ1) is 22.8. The fourth-order valence-corrected chi connectivity index (χ4v) is 8.42. The van der Waals surface area contributed by atoms with Gasteiger partial charge in [0.05, 0.1) is 39.7 Å². The maximum absolute atomic E-state index is 13.9. The molecule has 9 atom stereocenters. The summed E-state index contributed by atoms with van der Waals surface area (Å²) in [6.45, 7) is 8.35. The molecule has 1 aliphatic heterocycles. The lowest BCUT2D eigenvalue weighted by molar-refractivity contribution is -0.311. The van der Waals surface area contributed by atoms with Gasteiger partial charge < -0.3 is 28.8 Å². The second kappa shape index (κ2) is 12.5. The fraction of sp³-hybridized carbons (Fsp3) is 0.421. The van der Waals surface area contributed by atoms with Gasteiger partial charge in [0.25, 0.3) is 0 Å². The van der Waals surface area contributed by atoms with Crippen molar-refractivity contribution in [3.63, 3.8) is 0 Å². The molecule has 252 valence electrons. The maximum Gasteiger partial charge on any atom is 0.338 e. The van der Waals surface area contributed by atoms with Crippen molar-refractivity contribution in [3.8, 4) is 0 Å². The minimum absolute atomic E-state index is 0.153. The third-order valence-corrected chi connectivity index (χ3v) is 10.4. The maximum atomic E-state index is 13.9. The van der Waals surface area contributed by atoms with E-state index in [9.17, 15) is 24.3 Å². The molecule has 1 heterocycles. The number of aliphatic hydroxyl groups is 1. The summed E-state index contributed by atoms with van der Waals surface area (Å²) < 4.78 is 31.7. The molecule has 0 aromatic heterocycles. The third kappa shape index (κ3) is 5.37. The van der Waals surface area contributed by atoms with E-state index in [2.05, 4.69) is 0 Å². The molecule has 3 aromatic rings. The van der Waals surface area contributed by atoms with E-state index in [0.717, 1.165) is 0 Å². The quantitative estimate of drug-likeness (QED) is 0.268. The molecule has 9 unspecified atom stereocenters. The molecule has 1 saturated heterocycles. The highest BCUT2D eigenvalue weighted by Gasteiger charge is 2.82. The van der Waals surface area contributed by atoms with Gasteiger partial charge in [0, 0.05) is 6.92 Å². The molecule has 2 saturated carbocycles. The van der Waals surface area contributed by atoms with Gasteiger partial charge in [-0.25, -0.2) is 14.4 Å². The Morgan fingerprint density at radius 3 is 1.62 bits per heavy atom. The van der Waals surface area contributed by atoms with Gasteiger partial charge >= 0.3 is 23.9 Å². The Hall–Kier alpha value is -4.54. The molecule has 1 N–H and O–H groups in total. The highest BCUT2D eigenvalue weighted by atomic mass is 16.6. The molecular formula is C38H40O10. The van der Waals surface area contributed by atoms with Crippen molar-refractivity contribution < 1.29 is 48.0 Å². The lowest BCUT2D eigenvalue weighted by Gasteiger charge is -2.63. The van der Waals surface area contributed by atoms with E-state index < -0.39 is 82.8 Å². The average Bonchev–Trinajstić information content (AvgIpc) is 3.26. The number of carbonyl (C=O) groups excluding carboxylic acids is 4. The van der Waals surface area contributed by atoms with Crippen LogP contribution in [0.4, 0.5) is 0 Å². The third-order valence-electron chi connectivity index (χ3n) is 10.4. The van der Waals surface area contributed by atoms with Crippen molar-refractivity contribution in [1.82, 2.24) is 0 Å². The summed E-state index contributed by atoms with van der Waals surface area (Å²) in [5, 5.41) is 12.4. The Kier molecular flexibility index (Phi) is 8.68. The Balaban J connectivity index is 1.52. The summed E-state index contributed by atoms with van der Waals surface area (Å²) in [7, 11) is 0. The number of hydrogen-bond acceptors (Lipinski definition) is 10. The van der Waals surface area contributed by atoms with E-state index in [1.807, 2.05) is 6.92 Å². The van der Waals surface area contributed by atoms with Gasteiger partial charge in [-0.2, -0.15) is 0 Å². The summed E-state index contributed by atoms with van der Waals surface area (Å²) in [4.78, 5) is 53.9. The van der Waals surface area contributed by atoms with Gasteiger partial charge in [-0.05, 0) is 69.5 Å². The van der Waals surface area contributed by atoms with Crippen molar-refractivity contribution in [2.45, 2.75) is 82.8 Å². The van der Waals surface area contributed by atoms with Crippen LogP contribution in [-0.4, -0.2) is 70.7 Å². The molecule has 0 amide bonds. The van der Waals surface area contributed by atoms with E-state index in [-0.39, 0.29) is 17.5 Å². The van der Waals surface area contributed by atoms with Crippen molar-refractivity contribution >= 4 is 23.9 Å². The van der Waals surface area contributed by atoms with E-state index in [0.29, 0.717) is 5.56 Å². The number of fused-ring (bicyclic) bond motifs is 1. The number of carbonyl (C=O) groups is 4. The van der Waals surface area contributed by atoms with Crippen molar-refractivity contribution in [1.29, 1.82) is 0 Å². The SMILES string of the molecule is CC(=O)OC1C(OC(=O)c2ccccc2)CC(C)C23OC(C)(C)C(C(OC(=O)c4ccccc4)C(OC(=O)c4ccccc4)C12C)C3O. The fourth-order valence-electron chi connectivity index (χ4n) is 8.42. The average molecular weight is 657 g/mol. The first-order valence-electron chi connectivity index (χ1n) is 16.1. The van der Waals surface area contributed by atoms with E-state index in [4.69, 9.17) is 23.7 Å². The zero-order chi connectivity index (χ0) is 34.4. The highest BCUT2D eigenvalue weighted by Crippen LogP contribution is 2.67. The molecular weight excluding hydrogens is 616 g/mol. The van der Waals surface area contributed by atoms with Crippen LogP contribution in [0.1, 0.15) is 72.1 Å². The lowest BCUT2D eigenvalue weighted by atomic mass is 9.47. The zero-order valence-corrected chi connectivity index (χ0v) is 27.5. The molecule has 3 fully saturated rings. The van der Waals surface area contributed by atoms with Gasteiger partial charge in [0.2, 0.25) is 0 Å². The first kappa shape index (κ1) is 33.4. The molecule has 0 radical (unpaired) electrons. The standard InChI is InChI=1S/C38H40O10/c1-22-21-27(45-33(41)24-15-9-6-10-16-24)31(44-23(2)39)37(5)32(47-35(43)26-19-13-8-14-20-26)29(46-34(42)25-17-11-7-12-18-25)28-30(40)38(22,37)48-36(28,3)4/h6-20,22,27-32,40H,21H2,1-5H3. The van der Waals surface area contributed by atoms with Gasteiger partial charge in [0.15, 0.2) is 12.2 Å². The van der Waals surface area contributed by atoms with Gasteiger partial charge in [-0.3, -0.25) is 4.79 Å². The Morgan fingerprint density at radius 1 is 0.688 bits per heavy atom. The molecule has 2 aliphatic carbocycles. The molecule has 2 bridgehead atoms. The van der Waals surface area contributed by atoms with Crippen molar-refractivity contribution in [2.75, 3.05) is 0 Å². The summed E-state index contributed by atoms with van der Waals surface area (Å²) >= 11 is 0. The van der Waals surface area contributed by atoms with Crippen LogP contribution in [0.5, 0.6) is 0 Å². The number of aliphatic hydroxyl groups excluding tert-OH is 1. The van der Waals surface area contributed by atoms with Crippen LogP contribution in [0, 0.1) is 17.3 Å². The number of ether oxygens (including phenoxy) is 5. The molecule has 10 heteroatoms. The lowest BCUT2D eigenvalue weighted by Crippen LogP contribution is -2.78. The number of benzene rings is 3. The van der Waals surface area contributed by atoms with Crippen LogP contribution in [0.3, 0.4) is 0 Å². The van der Waals surface area contributed by atoms with E-state index >= 15 is 0 Å². The van der Waals surface area contributed by atoms with Crippen LogP contribution in [-0.2, 0) is 28.5 Å². The number of hydrogen-bond donors (Lipinski definition) is 1. The Morgan fingerprint density at radius 2 is 1.15 bits per heavy atom. The molecule has 48 heavy (non-hydrogen) atoms. The normalized spacial score (nSPS) is 33.1. The second-order valence-corrected chi connectivity index (χ2v) is 13.7. The minimum atomic E-state index is -1.62. The summed E-state index contributed by atoms with van der Waals surface area (Å²) in [5.74, 6) is -4.14. The van der Waals surface area contributed by atoms with E-state index in [1.54, 1.807) is 112 Å². The number of esters is 4. The zero-order valence-electron chi connectivity index (χ0n) is 27.5.